The molecule has 0 spiro atoms. The molecule has 1 rings (SSSR count). The third kappa shape index (κ3) is 3.05. The van der Waals surface area contributed by atoms with E-state index in [1.165, 1.54) is 0 Å². The van der Waals surface area contributed by atoms with Gasteiger partial charge in [-0.05, 0) is 19.3 Å². The quantitative estimate of drug-likeness (QED) is 0.792. The van der Waals surface area contributed by atoms with Crippen molar-refractivity contribution in [1.82, 2.24) is 10.1 Å². The predicted molar refractivity (Wildman–Crippen MR) is 62.6 cm³/mol. The molecule has 17 heavy (non-hydrogen) atoms. The summed E-state index contributed by atoms with van der Waals surface area (Å²) in [5.74, 6) is 0.297. The minimum Gasteiger partial charge on any atom is -0.481 e. The zero-order valence-corrected chi connectivity index (χ0v) is 10.7. The highest BCUT2D eigenvalue weighted by molar-refractivity contribution is 5.74. The number of carboxylic acids is 1. The summed E-state index contributed by atoms with van der Waals surface area (Å²) in [5, 5.41) is 13.1. The fourth-order valence-corrected chi connectivity index (χ4v) is 1.85. The fourth-order valence-electron chi connectivity index (χ4n) is 1.85. The summed E-state index contributed by atoms with van der Waals surface area (Å²) in [7, 11) is 0. The first-order valence-corrected chi connectivity index (χ1v) is 6.12. The highest BCUT2D eigenvalue weighted by Crippen LogP contribution is 2.30. The van der Waals surface area contributed by atoms with Gasteiger partial charge in [0.1, 0.15) is 0 Å². The van der Waals surface area contributed by atoms with Crippen molar-refractivity contribution in [3.8, 4) is 0 Å². The van der Waals surface area contributed by atoms with E-state index in [-0.39, 0.29) is 0 Å². The van der Waals surface area contributed by atoms with Gasteiger partial charge in [-0.2, -0.15) is 4.98 Å². The molecule has 5 heteroatoms. The molecule has 0 radical (unpaired) electrons. The van der Waals surface area contributed by atoms with Crippen LogP contribution in [-0.4, -0.2) is 21.2 Å². The van der Waals surface area contributed by atoms with Crippen LogP contribution >= 0.6 is 0 Å². The Kier molecular flexibility index (Phi) is 4.66. The van der Waals surface area contributed by atoms with Crippen molar-refractivity contribution in [2.75, 3.05) is 0 Å². The maximum absolute atomic E-state index is 11.3. The van der Waals surface area contributed by atoms with Gasteiger partial charge in [0.05, 0.1) is 5.41 Å². The molecule has 0 fully saturated rings. The third-order valence-corrected chi connectivity index (χ3v) is 3.28. The molecule has 0 aliphatic carbocycles. The maximum Gasteiger partial charge on any atom is 0.310 e. The number of hydrogen-bond acceptors (Lipinski definition) is 4. The highest BCUT2D eigenvalue weighted by Gasteiger charge is 2.36. The molecule has 0 bridgehead atoms. The molecule has 0 aliphatic rings. The van der Waals surface area contributed by atoms with Gasteiger partial charge in [-0.15, -0.1) is 0 Å². The lowest BCUT2D eigenvalue weighted by atomic mass is 9.79. The van der Waals surface area contributed by atoms with Crippen LogP contribution in [-0.2, 0) is 17.6 Å². The van der Waals surface area contributed by atoms with E-state index in [9.17, 15) is 9.90 Å². The Morgan fingerprint density at radius 2 is 2.00 bits per heavy atom. The molecule has 0 amide bonds. The number of aromatic nitrogens is 2. The number of rotatable bonds is 7. The Bertz CT molecular complexity index is 370. The lowest BCUT2D eigenvalue weighted by Crippen LogP contribution is -2.32. The van der Waals surface area contributed by atoms with Crippen molar-refractivity contribution in [1.29, 1.82) is 0 Å². The summed E-state index contributed by atoms with van der Waals surface area (Å²) in [5.41, 5.74) is -0.782. The maximum atomic E-state index is 11.3. The summed E-state index contributed by atoms with van der Waals surface area (Å²) in [6, 6.07) is 0. The van der Waals surface area contributed by atoms with E-state index < -0.39 is 11.4 Å². The highest BCUT2D eigenvalue weighted by atomic mass is 16.5. The summed E-state index contributed by atoms with van der Waals surface area (Å²) >= 11 is 0. The van der Waals surface area contributed by atoms with Gasteiger partial charge in [-0.1, -0.05) is 25.9 Å². The van der Waals surface area contributed by atoms with E-state index >= 15 is 0 Å². The van der Waals surface area contributed by atoms with Crippen molar-refractivity contribution in [2.24, 2.45) is 5.41 Å². The zero-order valence-electron chi connectivity index (χ0n) is 10.7. The van der Waals surface area contributed by atoms with Gasteiger partial charge >= 0.3 is 5.97 Å². The summed E-state index contributed by atoms with van der Waals surface area (Å²) < 4.78 is 5.10. The molecule has 0 atom stereocenters. The number of nitrogens with zero attached hydrogens (tertiary/aromatic N) is 2. The second kappa shape index (κ2) is 5.80. The van der Waals surface area contributed by atoms with Crippen LogP contribution in [0.25, 0.3) is 0 Å². The van der Waals surface area contributed by atoms with Gasteiger partial charge < -0.3 is 9.63 Å². The molecule has 1 N–H and O–H groups in total. The summed E-state index contributed by atoms with van der Waals surface area (Å²) in [6.45, 7) is 5.79. The molecule has 1 heterocycles. The van der Waals surface area contributed by atoms with Crippen molar-refractivity contribution >= 4 is 5.97 Å². The smallest absolute Gasteiger partial charge is 0.310 e. The van der Waals surface area contributed by atoms with Crippen molar-refractivity contribution < 1.29 is 14.4 Å². The lowest BCUT2D eigenvalue weighted by molar-refractivity contribution is -0.149. The number of aryl methyl sites for hydroxylation is 1. The van der Waals surface area contributed by atoms with Gasteiger partial charge in [0, 0.05) is 12.8 Å². The fraction of sp³-hybridized carbons (Fsp3) is 0.750. The Morgan fingerprint density at radius 1 is 1.35 bits per heavy atom. The van der Waals surface area contributed by atoms with Crippen LogP contribution < -0.4 is 0 Å². The normalized spacial score (nSPS) is 11.7. The van der Waals surface area contributed by atoms with Crippen LogP contribution in [0.1, 0.15) is 51.7 Å². The zero-order chi connectivity index (χ0) is 12.9. The Labute approximate surface area is 101 Å². The molecule has 0 unspecified atom stereocenters. The lowest BCUT2D eigenvalue weighted by Gasteiger charge is -2.24. The molecule has 0 aliphatic heterocycles. The van der Waals surface area contributed by atoms with Gasteiger partial charge in [0.25, 0.3) is 0 Å². The van der Waals surface area contributed by atoms with Crippen LogP contribution in [0.4, 0.5) is 0 Å². The van der Waals surface area contributed by atoms with Crippen LogP contribution in [0.15, 0.2) is 4.52 Å². The Hall–Kier alpha value is -1.39. The Morgan fingerprint density at radius 3 is 2.47 bits per heavy atom. The Balaban J connectivity index is 2.82. The molecule has 1 aromatic rings. The first kappa shape index (κ1) is 13.7. The van der Waals surface area contributed by atoms with Gasteiger partial charge in [-0.25, -0.2) is 0 Å². The van der Waals surface area contributed by atoms with Crippen LogP contribution in [0, 0.1) is 5.41 Å². The molecular formula is C12H20N2O3. The first-order chi connectivity index (χ1) is 8.07. The van der Waals surface area contributed by atoms with Crippen molar-refractivity contribution in [2.45, 2.75) is 52.9 Å². The average Bonchev–Trinajstić information content (AvgIpc) is 2.73. The van der Waals surface area contributed by atoms with E-state index in [0.717, 1.165) is 12.8 Å². The standard InChI is InChI=1S/C12H20N2O3/c1-4-7-9-13-10(17-14-9)8-12(5-2,6-3)11(15)16/h4-8H2,1-3H3,(H,15,16). The largest absolute Gasteiger partial charge is 0.481 e. The minimum absolute atomic E-state index is 0.312. The molecule has 96 valence electrons. The average molecular weight is 240 g/mol. The predicted octanol–water partition coefficient (Wildman–Crippen LogP) is 2.46. The van der Waals surface area contributed by atoms with Crippen molar-refractivity contribution in [3.63, 3.8) is 0 Å². The number of aliphatic carboxylic acids is 1. The van der Waals surface area contributed by atoms with Crippen LogP contribution in [0.5, 0.6) is 0 Å². The molecular weight excluding hydrogens is 220 g/mol. The molecule has 0 aromatic carbocycles. The van der Waals surface area contributed by atoms with Gasteiger partial charge in [-0.3, -0.25) is 4.79 Å². The first-order valence-electron chi connectivity index (χ1n) is 6.12. The second-order valence-electron chi connectivity index (χ2n) is 4.32. The molecule has 0 saturated carbocycles. The SMILES string of the molecule is CCCc1noc(CC(CC)(CC)C(=O)O)n1. The molecule has 5 nitrogen and oxygen atoms in total. The number of carbonyl (C=O) groups is 1. The van der Waals surface area contributed by atoms with E-state index in [1.807, 2.05) is 20.8 Å². The molecule has 0 saturated heterocycles. The number of carboxylic acid groups (broad SMARTS) is 1. The summed E-state index contributed by atoms with van der Waals surface area (Å²) in [6.07, 6.45) is 3.15. The minimum atomic E-state index is -0.794. The van der Waals surface area contributed by atoms with Gasteiger partial charge in [0.15, 0.2) is 5.82 Å². The monoisotopic (exact) mass is 240 g/mol. The number of hydrogen-bond donors (Lipinski definition) is 1. The topological polar surface area (TPSA) is 76.2 Å². The summed E-state index contributed by atoms with van der Waals surface area (Å²) in [4.78, 5) is 15.6. The van der Waals surface area contributed by atoms with Crippen LogP contribution in [0.2, 0.25) is 0 Å². The van der Waals surface area contributed by atoms with Crippen LogP contribution in [0.3, 0.4) is 0 Å². The van der Waals surface area contributed by atoms with Crippen molar-refractivity contribution in [3.05, 3.63) is 11.7 Å². The van der Waals surface area contributed by atoms with E-state index in [4.69, 9.17) is 4.52 Å². The molecule has 1 aromatic heterocycles. The van der Waals surface area contributed by atoms with E-state index in [2.05, 4.69) is 10.1 Å². The third-order valence-electron chi connectivity index (χ3n) is 3.28. The van der Waals surface area contributed by atoms with E-state index in [1.54, 1.807) is 0 Å². The second-order valence-corrected chi connectivity index (χ2v) is 4.32. The van der Waals surface area contributed by atoms with Gasteiger partial charge in [0.2, 0.25) is 5.89 Å². The van der Waals surface area contributed by atoms with E-state index in [0.29, 0.717) is 31.0 Å².